The maximum Gasteiger partial charge on any atom is 0.244 e. The van der Waals surface area contributed by atoms with Gasteiger partial charge in [0, 0.05) is 24.0 Å². The van der Waals surface area contributed by atoms with Crippen LogP contribution in [0.15, 0.2) is 53.3 Å². The Hall–Kier alpha value is -2.47. The van der Waals surface area contributed by atoms with Crippen molar-refractivity contribution in [1.82, 2.24) is 24.8 Å². The van der Waals surface area contributed by atoms with Crippen LogP contribution in [0.2, 0.25) is 0 Å². The zero-order valence-electron chi connectivity index (χ0n) is 13.7. The quantitative estimate of drug-likeness (QED) is 0.722. The summed E-state index contributed by atoms with van der Waals surface area (Å²) in [5, 5.41) is 8.48. The molecule has 0 bridgehead atoms. The maximum absolute atomic E-state index is 5.55. The molecule has 4 rings (SSSR count). The van der Waals surface area contributed by atoms with Gasteiger partial charge in [0.2, 0.25) is 11.7 Å². The third kappa shape index (κ3) is 2.97. The molecule has 1 aromatic carbocycles. The van der Waals surface area contributed by atoms with Gasteiger partial charge in [0.05, 0.1) is 12.6 Å². The third-order valence-corrected chi connectivity index (χ3v) is 4.71. The Bertz CT molecular complexity index is 768. The van der Waals surface area contributed by atoms with Crippen molar-refractivity contribution >= 4 is 0 Å². The van der Waals surface area contributed by atoms with E-state index < -0.39 is 0 Å². The molecule has 124 valence electrons. The van der Waals surface area contributed by atoms with Crippen LogP contribution in [0, 0.1) is 0 Å². The molecule has 6 heteroatoms. The molecular formula is C18H21N5O. The predicted octanol–water partition coefficient (Wildman–Crippen LogP) is 3.16. The molecule has 3 aromatic rings. The monoisotopic (exact) mass is 323 g/mol. The van der Waals surface area contributed by atoms with Gasteiger partial charge in [0.25, 0.3) is 0 Å². The van der Waals surface area contributed by atoms with Crippen LogP contribution in [-0.2, 0) is 6.54 Å². The van der Waals surface area contributed by atoms with E-state index in [2.05, 4.69) is 27.1 Å². The Labute approximate surface area is 141 Å². The molecule has 0 N–H and O–H groups in total. The second-order valence-corrected chi connectivity index (χ2v) is 6.26. The fourth-order valence-corrected chi connectivity index (χ4v) is 3.44. The lowest BCUT2D eigenvalue weighted by Gasteiger charge is -2.28. The molecule has 0 saturated carbocycles. The van der Waals surface area contributed by atoms with Crippen LogP contribution in [0.3, 0.4) is 0 Å². The van der Waals surface area contributed by atoms with E-state index in [0.717, 1.165) is 18.7 Å². The topological polar surface area (TPSA) is 60.0 Å². The molecule has 1 aliphatic rings. The van der Waals surface area contributed by atoms with E-state index in [0.29, 0.717) is 17.8 Å². The number of likely N-dealkylation sites (tertiary alicyclic amines) is 1. The van der Waals surface area contributed by atoms with Gasteiger partial charge in [-0.25, -0.2) is 0 Å². The summed E-state index contributed by atoms with van der Waals surface area (Å²) in [6.45, 7) is 4.09. The van der Waals surface area contributed by atoms with Gasteiger partial charge in [0.15, 0.2) is 0 Å². The van der Waals surface area contributed by atoms with Crippen molar-refractivity contribution in [1.29, 1.82) is 0 Å². The molecule has 0 spiro atoms. The number of aromatic nitrogens is 4. The minimum absolute atomic E-state index is 0.109. The number of benzene rings is 1. The summed E-state index contributed by atoms with van der Waals surface area (Å²) in [6.07, 6.45) is 6.20. The number of hydrogen-bond donors (Lipinski definition) is 0. The fourth-order valence-electron chi connectivity index (χ4n) is 3.44. The molecule has 24 heavy (non-hydrogen) atoms. The van der Waals surface area contributed by atoms with Crippen molar-refractivity contribution in [3.8, 4) is 11.4 Å². The first kappa shape index (κ1) is 15.1. The van der Waals surface area contributed by atoms with E-state index in [1.54, 1.807) is 0 Å². The van der Waals surface area contributed by atoms with Gasteiger partial charge in [-0.05, 0) is 32.4 Å². The summed E-state index contributed by atoms with van der Waals surface area (Å²) >= 11 is 0. The molecule has 0 aliphatic carbocycles. The van der Waals surface area contributed by atoms with Gasteiger partial charge >= 0.3 is 0 Å². The largest absolute Gasteiger partial charge is 0.337 e. The van der Waals surface area contributed by atoms with Gasteiger partial charge < -0.3 is 4.52 Å². The lowest BCUT2D eigenvalue weighted by Crippen LogP contribution is -2.35. The van der Waals surface area contributed by atoms with E-state index in [-0.39, 0.29) is 6.04 Å². The molecule has 6 nitrogen and oxygen atoms in total. The highest BCUT2D eigenvalue weighted by Gasteiger charge is 2.32. The van der Waals surface area contributed by atoms with E-state index in [1.807, 2.05) is 53.5 Å². The van der Waals surface area contributed by atoms with Crippen molar-refractivity contribution in [3.05, 3.63) is 54.7 Å². The van der Waals surface area contributed by atoms with Crippen LogP contribution in [-0.4, -0.2) is 37.4 Å². The molecule has 1 fully saturated rings. The fraction of sp³-hybridized carbons (Fsp3) is 0.389. The highest BCUT2D eigenvalue weighted by molar-refractivity contribution is 5.53. The van der Waals surface area contributed by atoms with E-state index in [4.69, 9.17) is 4.52 Å². The molecule has 1 aliphatic heterocycles. The summed E-state index contributed by atoms with van der Waals surface area (Å²) in [4.78, 5) is 7.06. The normalized spacial score (nSPS) is 19.6. The first-order valence-electron chi connectivity index (χ1n) is 8.43. The zero-order valence-corrected chi connectivity index (χ0v) is 13.7. The number of nitrogens with zero attached hydrogens (tertiary/aromatic N) is 5. The van der Waals surface area contributed by atoms with Gasteiger partial charge in [-0.1, -0.05) is 35.5 Å². The molecular weight excluding hydrogens is 302 g/mol. The van der Waals surface area contributed by atoms with Crippen LogP contribution in [0.4, 0.5) is 0 Å². The van der Waals surface area contributed by atoms with Crippen molar-refractivity contribution in [2.24, 2.45) is 0 Å². The van der Waals surface area contributed by atoms with Crippen molar-refractivity contribution in [3.63, 3.8) is 0 Å². The van der Waals surface area contributed by atoms with E-state index >= 15 is 0 Å². The standard InChI is InChI=1S/C18H21N5O/c1-14(18-20-17(21-24-18)15-7-3-2-4-8-15)23-12-5-9-16(23)13-22-11-6-10-19-22/h2-4,6-8,10-11,14,16H,5,9,12-13H2,1H3/t14-,16-/m1/s1. The predicted molar refractivity (Wildman–Crippen MR) is 90.1 cm³/mol. The van der Waals surface area contributed by atoms with Crippen molar-refractivity contribution < 1.29 is 4.52 Å². The van der Waals surface area contributed by atoms with Gasteiger partial charge in [-0.3, -0.25) is 9.58 Å². The molecule has 1 saturated heterocycles. The van der Waals surface area contributed by atoms with E-state index in [1.165, 1.54) is 12.8 Å². The summed E-state index contributed by atoms with van der Waals surface area (Å²) in [5.41, 5.74) is 0.981. The third-order valence-electron chi connectivity index (χ3n) is 4.71. The average Bonchev–Trinajstić information content (AvgIpc) is 3.37. The first-order chi connectivity index (χ1) is 11.8. The van der Waals surface area contributed by atoms with Gasteiger partial charge in [0.1, 0.15) is 0 Å². The second kappa shape index (κ2) is 6.57. The van der Waals surface area contributed by atoms with Gasteiger partial charge in [-0.2, -0.15) is 10.1 Å². The van der Waals surface area contributed by atoms with E-state index in [9.17, 15) is 0 Å². The number of hydrogen-bond acceptors (Lipinski definition) is 5. The lowest BCUT2D eigenvalue weighted by molar-refractivity contribution is 0.144. The molecule has 2 atom stereocenters. The highest BCUT2D eigenvalue weighted by atomic mass is 16.5. The summed E-state index contributed by atoms with van der Waals surface area (Å²) in [6, 6.07) is 12.5. The minimum atomic E-state index is 0.109. The smallest absolute Gasteiger partial charge is 0.244 e. The lowest BCUT2D eigenvalue weighted by atomic mass is 10.2. The minimum Gasteiger partial charge on any atom is -0.337 e. The zero-order chi connectivity index (χ0) is 16.4. The molecule has 3 heterocycles. The molecule has 0 radical (unpaired) electrons. The van der Waals surface area contributed by atoms with Gasteiger partial charge in [-0.15, -0.1) is 0 Å². The Morgan fingerprint density at radius 2 is 2.12 bits per heavy atom. The molecule has 0 amide bonds. The van der Waals surface area contributed by atoms with Crippen molar-refractivity contribution in [2.45, 2.75) is 38.4 Å². The summed E-state index contributed by atoms with van der Waals surface area (Å²) in [7, 11) is 0. The maximum atomic E-state index is 5.55. The van der Waals surface area contributed by atoms with Crippen LogP contribution in [0.5, 0.6) is 0 Å². The number of rotatable bonds is 5. The second-order valence-electron chi connectivity index (χ2n) is 6.26. The highest BCUT2D eigenvalue weighted by Crippen LogP contribution is 2.30. The van der Waals surface area contributed by atoms with Crippen LogP contribution in [0.25, 0.3) is 11.4 Å². The Morgan fingerprint density at radius 1 is 1.25 bits per heavy atom. The molecule has 2 aromatic heterocycles. The summed E-state index contributed by atoms with van der Waals surface area (Å²) < 4.78 is 7.55. The van der Waals surface area contributed by atoms with Crippen LogP contribution >= 0.6 is 0 Å². The Kier molecular flexibility index (Phi) is 4.13. The Morgan fingerprint density at radius 3 is 2.92 bits per heavy atom. The van der Waals surface area contributed by atoms with Crippen LogP contribution in [0.1, 0.15) is 31.7 Å². The average molecular weight is 323 g/mol. The van der Waals surface area contributed by atoms with Crippen LogP contribution < -0.4 is 0 Å². The molecule has 0 unspecified atom stereocenters. The SMILES string of the molecule is C[C@H](c1nc(-c2ccccc2)no1)N1CCC[C@@H]1Cn1cccn1. The summed E-state index contributed by atoms with van der Waals surface area (Å²) in [5.74, 6) is 1.33. The first-order valence-corrected chi connectivity index (χ1v) is 8.43. The Balaban J connectivity index is 1.50. The van der Waals surface area contributed by atoms with Crippen molar-refractivity contribution in [2.75, 3.05) is 6.54 Å².